The molecule has 2 heterocycles. The summed E-state index contributed by atoms with van der Waals surface area (Å²) in [5.41, 5.74) is 0. The molecule has 0 saturated carbocycles. The van der Waals surface area contributed by atoms with E-state index in [0.29, 0.717) is 119 Å². The third kappa shape index (κ3) is 11.6. The molecule has 2 rings (SSSR count). The summed E-state index contributed by atoms with van der Waals surface area (Å²) in [7, 11) is 3.51. The third-order valence-electron chi connectivity index (χ3n) is 5.47. The van der Waals surface area contributed by atoms with E-state index in [2.05, 4.69) is 0 Å². The number of amides is 4. The monoisotopic (exact) mass is 490 g/mol. The predicted octanol–water partition coefficient (Wildman–Crippen LogP) is -0.179. The van der Waals surface area contributed by atoms with Crippen molar-refractivity contribution >= 4 is 12.1 Å². The summed E-state index contributed by atoms with van der Waals surface area (Å²) in [6.45, 7) is 7.80. The van der Waals surface area contributed by atoms with Gasteiger partial charge in [0.25, 0.3) is 0 Å². The number of rotatable bonds is 0. The van der Waals surface area contributed by atoms with Gasteiger partial charge in [-0.05, 0) is 0 Å². The van der Waals surface area contributed by atoms with E-state index in [4.69, 9.17) is 28.4 Å². The molecule has 2 bridgehead atoms. The van der Waals surface area contributed by atoms with Crippen LogP contribution in [0.2, 0.25) is 0 Å². The van der Waals surface area contributed by atoms with Crippen LogP contribution in [0.5, 0.6) is 0 Å². The van der Waals surface area contributed by atoms with E-state index in [1.165, 1.54) is 0 Å². The van der Waals surface area contributed by atoms with Crippen LogP contribution in [-0.4, -0.2) is 164 Å². The summed E-state index contributed by atoms with van der Waals surface area (Å²) in [4.78, 5) is 32.5. The Morgan fingerprint density at radius 1 is 0.412 bits per heavy atom. The highest BCUT2D eigenvalue weighted by Gasteiger charge is 2.20. The van der Waals surface area contributed by atoms with Crippen LogP contribution in [-0.2, 0) is 28.4 Å². The molecule has 0 aliphatic carbocycles. The smallest absolute Gasteiger partial charge is 0.319 e. The van der Waals surface area contributed by atoms with Crippen molar-refractivity contribution in [3.63, 3.8) is 0 Å². The Morgan fingerprint density at radius 3 is 0.971 bits per heavy atom. The van der Waals surface area contributed by atoms with Gasteiger partial charge in [0.2, 0.25) is 0 Å². The molecule has 0 aromatic rings. The zero-order valence-corrected chi connectivity index (χ0v) is 20.8. The Bertz CT molecular complexity index is 525. The number of likely N-dealkylation sites (N-methyl/N-ethyl adjacent to an activating group) is 2. The van der Waals surface area contributed by atoms with E-state index >= 15 is 0 Å². The molecule has 0 N–H and O–H groups in total. The normalized spacial score (nSPS) is 23.6. The fraction of sp³-hybridized carbons (Fsp3) is 0.909. The van der Waals surface area contributed by atoms with Crippen LogP contribution in [0.3, 0.4) is 0 Å². The zero-order chi connectivity index (χ0) is 24.4. The lowest BCUT2D eigenvalue weighted by molar-refractivity contribution is 0.00911. The Kier molecular flexibility index (Phi) is 14.9. The number of carbonyl (C=O) groups is 2. The maximum atomic E-state index is 12.9. The van der Waals surface area contributed by atoms with Crippen LogP contribution in [0.15, 0.2) is 0 Å². The van der Waals surface area contributed by atoms with Crippen LogP contribution in [0.25, 0.3) is 0 Å². The van der Waals surface area contributed by atoms with Crippen LogP contribution < -0.4 is 0 Å². The minimum Gasteiger partial charge on any atom is -0.378 e. The van der Waals surface area contributed by atoms with E-state index < -0.39 is 0 Å². The number of nitrogens with zero attached hydrogens (tertiary/aromatic N) is 4. The van der Waals surface area contributed by atoms with E-state index in [1.807, 2.05) is 0 Å². The largest absolute Gasteiger partial charge is 0.378 e. The second-order valence-electron chi connectivity index (χ2n) is 8.06. The van der Waals surface area contributed by atoms with Gasteiger partial charge in [-0.1, -0.05) is 0 Å². The molecule has 0 unspecified atom stereocenters. The highest BCUT2D eigenvalue weighted by Crippen LogP contribution is 2.02. The molecule has 0 radical (unpaired) electrons. The summed E-state index contributed by atoms with van der Waals surface area (Å²) in [5, 5.41) is 0. The van der Waals surface area contributed by atoms with Crippen molar-refractivity contribution in [2.45, 2.75) is 0 Å². The van der Waals surface area contributed by atoms with E-state index in [0.717, 1.165) is 0 Å². The fourth-order valence-corrected chi connectivity index (χ4v) is 3.35. The molecule has 198 valence electrons. The molecule has 0 spiro atoms. The molecule has 0 atom stereocenters. The number of hydrogen-bond acceptors (Lipinski definition) is 8. The maximum absolute atomic E-state index is 12.9. The Balaban J connectivity index is 2.02. The van der Waals surface area contributed by atoms with Crippen molar-refractivity contribution in [3.8, 4) is 0 Å². The summed E-state index contributed by atoms with van der Waals surface area (Å²) in [6, 6.07) is -0.212. The molecule has 2 aliphatic heterocycles. The summed E-state index contributed by atoms with van der Waals surface area (Å²) in [6.07, 6.45) is 0. The molecule has 0 aromatic carbocycles. The van der Waals surface area contributed by atoms with Gasteiger partial charge in [0.05, 0.1) is 79.3 Å². The first kappa shape index (κ1) is 28.5. The Labute approximate surface area is 202 Å². The number of carbonyl (C=O) groups excluding carboxylic acids is 2. The SMILES string of the molecule is CN1CCOCCOCCOCCN(C)C(=O)N2CCOCCOCCN(CCOCC2)C1=O. The molecule has 2 saturated heterocycles. The molecular formula is C22H42N4O8. The van der Waals surface area contributed by atoms with E-state index in [9.17, 15) is 9.59 Å². The summed E-state index contributed by atoms with van der Waals surface area (Å²) < 4.78 is 33.7. The average Bonchev–Trinajstić information content (AvgIpc) is 2.84. The van der Waals surface area contributed by atoms with Crippen molar-refractivity contribution in [2.24, 2.45) is 0 Å². The minimum absolute atomic E-state index is 0.106. The highest BCUT2D eigenvalue weighted by atomic mass is 16.5. The quantitative estimate of drug-likeness (QED) is 0.431. The number of urea groups is 2. The van der Waals surface area contributed by atoms with Crippen LogP contribution >= 0.6 is 0 Å². The van der Waals surface area contributed by atoms with Crippen molar-refractivity contribution in [1.82, 2.24) is 19.6 Å². The molecule has 0 aromatic heterocycles. The highest BCUT2D eigenvalue weighted by molar-refractivity contribution is 5.74. The maximum Gasteiger partial charge on any atom is 0.319 e. The Morgan fingerprint density at radius 2 is 0.647 bits per heavy atom. The van der Waals surface area contributed by atoms with E-state index in [-0.39, 0.29) is 12.1 Å². The summed E-state index contributed by atoms with van der Waals surface area (Å²) >= 11 is 0. The number of ether oxygens (including phenoxy) is 6. The minimum atomic E-state index is -0.106. The molecule has 12 heteroatoms. The van der Waals surface area contributed by atoms with Gasteiger partial charge in [-0.3, -0.25) is 0 Å². The lowest BCUT2D eigenvalue weighted by Crippen LogP contribution is -2.46. The van der Waals surface area contributed by atoms with Gasteiger partial charge >= 0.3 is 12.1 Å². The average molecular weight is 491 g/mol. The first-order valence-electron chi connectivity index (χ1n) is 12.1. The van der Waals surface area contributed by atoms with Crippen molar-refractivity contribution in [1.29, 1.82) is 0 Å². The van der Waals surface area contributed by atoms with Gasteiger partial charge < -0.3 is 48.0 Å². The van der Waals surface area contributed by atoms with Gasteiger partial charge in [0.15, 0.2) is 0 Å². The third-order valence-corrected chi connectivity index (χ3v) is 5.47. The zero-order valence-electron chi connectivity index (χ0n) is 20.8. The second kappa shape index (κ2) is 17.7. The fourth-order valence-electron chi connectivity index (χ4n) is 3.35. The first-order valence-corrected chi connectivity index (χ1v) is 12.1. The van der Waals surface area contributed by atoms with Crippen molar-refractivity contribution in [3.05, 3.63) is 0 Å². The second-order valence-corrected chi connectivity index (χ2v) is 8.06. The molecule has 4 amide bonds. The van der Waals surface area contributed by atoms with Gasteiger partial charge in [0, 0.05) is 53.4 Å². The van der Waals surface area contributed by atoms with Crippen LogP contribution in [0.1, 0.15) is 0 Å². The lowest BCUT2D eigenvalue weighted by atomic mass is 10.4. The van der Waals surface area contributed by atoms with Crippen LogP contribution in [0.4, 0.5) is 9.59 Å². The molecule has 2 fully saturated rings. The number of hydrogen-bond donors (Lipinski definition) is 0. The van der Waals surface area contributed by atoms with Crippen molar-refractivity contribution in [2.75, 3.05) is 133 Å². The summed E-state index contributed by atoms with van der Waals surface area (Å²) in [5.74, 6) is 0. The Hall–Kier alpha value is -1.70. The van der Waals surface area contributed by atoms with Gasteiger partial charge in [0.1, 0.15) is 0 Å². The number of fused-ring (bicyclic) bond motifs is 6. The van der Waals surface area contributed by atoms with Crippen molar-refractivity contribution < 1.29 is 38.0 Å². The van der Waals surface area contributed by atoms with Gasteiger partial charge in [-0.2, -0.15) is 0 Å². The molecule has 2 aliphatic rings. The van der Waals surface area contributed by atoms with E-state index in [1.54, 1.807) is 33.7 Å². The molecule has 34 heavy (non-hydrogen) atoms. The predicted molar refractivity (Wildman–Crippen MR) is 124 cm³/mol. The van der Waals surface area contributed by atoms with Gasteiger partial charge in [-0.15, -0.1) is 0 Å². The van der Waals surface area contributed by atoms with Crippen LogP contribution in [0, 0.1) is 0 Å². The first-order chi connectivity index (χ1) is 16.6. The lowest BCUT2D eigenvalue weighted by Gasteiger charge is -2.29. The topological polar surface area (TPSA) is 102 Å². The molecular weight excluding hydrogens is 448 g/mol. The van der Waals surface area contributed by atoms with Gasteiger partial charge in [-0.25, -0.2) is 9.59 Å². The molecule has 12 nitrogen and oxygen atoms in total. The standard InChI is InChI=1S/C22H42N4O8/c1-23-3-9-30-17-19-34-20-18-31-10-4-24(2)22(28)26-6-12-29-11-5-25(21(23)27)7-13-32-15-16-33-14-8-26/h3-20H2,1-2H3.